The first-order valence-corrected chi connectivity index (χ1v) is 7.76. The fraction of sp³-hybridized carbons (Fsp3) is 0.385. The highest BCUT2D eigenvalue weighted by Gasteiger charge is 2.20. The van der Waals surface area contributed by atoms with Gasteiger partial charge < -0.3 is 10.2 Å². The third-order valence-corrected chi connectivity index (χ3v) is 3.93. The van der Waals surface area contributed by atoms with E-state index >= 15 is 0 Å². The molecule has 2 rings (SSSR count). The molecule has 1 aromatic rings. The summed E-state index contributed by atoms with van der Waals surface area (Å²) in [6.07, 6.45) is 2.64. The fourth-order valence-electron chi connectivity index (χ4n) is 2.02. The van der Waals surface area contributed by atoms with Gasteiger partial charge in [0.2, 0.25) is 0 Å². The van der Waals surface area contributed by atoms with E-state index in [0.29, 0.717) is 6.42 Å². The first kappa shape index (κ1) is 14.3. The number of para-hydroxylation sites is 1. The van der Waals surface area contributed by atoms with Crippen LogP contribution < -0.4 is 5.32 Å². The van der Waals surface area contributed by atoms with E-state index < -0.39 is 7.82 Å². The van der Waals surface area contributed by atoms with Crippen LogP contribution in [0.25, 0.3) is 5.57 Å². The predicted molar refractivity (Wildman–Crippen MR) is 74.9 cm³/mol. The van der Waals surface area contributed by atoms with Gasteiger partial charge in [-0.25, -0.2) is 4.57 Å². The number of rotatable bonds is 6. The Morgan fingerprint density at radius 2 is 2.16 bits per heavy atom. The summed E-state index contributed by atoms with van der Waals surface area (Å²) >= 11 is 0. The van der Waals surface area contributed by atoms with Gasteiger partial charge in [-0.1, -0.05) is 24.3 Å². The van der Waals surface area contributed by atoms with Crippen molar-refractivity contribution >= 4 is 19.1 Å². The van der Waals surface area contributed by atoms with Crippen LogP contribution >= 0.6 is 7.82 Å². The number of benzene rings is 1. The molecule has 0 fully saturated rings. The van der Waals surface area contributed by atoms with Crippen LogP contribution in [0, 0.1) is 0 Å². The van der Waals surface area contributed by atoms with E-state index in [4.69, 9.17) is 4.52 Å². The molecule has 5 nitrogen and oxygen atoms in total. The number of hydrogen-bond acceptors (Lipinski definition) is 4. The lowest BCUT2D eigenvalue weighted by molar-refractivity contribution is 0.158. The molecule has 0 spiro atoms. The third-order valence-electron chi connectivity index (χ3n) is 2.83. The van der Waals surface area contributed by atoms with Gasteiger partial charge in [0, 0.05) is 17.8 Å². The van der Waals surface area contributed by atoms with Gasteiger partial charge in [0.05, 0.1) is 13.2 Å². The zero-order chi connectivity index (χ0) is 13.7. The van der Waals surface area contributed by atoms with Crippen LogP contribution in [0.1, 0.15) is 18.9 Å². The van der Waals surface area contributed by atoms with Crippen molar-refractivity contribution in [2.24, 2.45) is 0 Å². The molecule has 0 saturated carbocycles. The van der Waals surface area contributed by atoms with Gasteiger partial charge in [0.1, 0.15) is 0 Å². The van der Waals surface area contributed by atoms with E-state index in [2.05, 4.69) is 15.9 Å². The maximum atomic E-state index is 11.4. The van der Waals surface area contributed by atoms with Crippen LogP contribution in [0.2, 0.25) is 0 Å². The van der Waals surface area contributed by atoms with Crippen LogP contribution in [0.5, 0.6) is 0 Å². The number of fused-ring (bicyclic) bond motifs is 1. The number of hydrogen-bond donors (Lipinski definition) is 2. The smallest absolute Gasteiger partial charge is 0.381 e. The van der Waals surface area contributed by atoms with E-state index in [1.165, 1.54) is 0 Å². The number of phosphoric acid groups is 1. The van der Waals surface area contributed by atoms with Gasteiger partial charge >= 0.3 is 7.82 Å². The first-order valence-electron chi connectivity index (χ1n) is 6.26. The molecule has 1 aliphatic heterocycles. The van der Waals surface area contributed by atoms with Crippen LogP contribution in [0.4, 0.5) is 5.69 Å². The zero-order valence-corrected chi connectivity index (χ0v) is 11.7. The van der Waals surface area contributed by atoms with Crippen LogP contribution in [-0.4, -0.2) is 24.7 Å². The van der Waals surface area contributed by atoms with E-state index in [1.807, 2.05) is 24.3 Å². The molecule has 1 heterocycles. The standard InChI is InChI=1S/C13H18NO4P/c1-2-17-19(15,16)18-10-8-11-7-9-14-13-6-4-3-5-12(11)13/h3-7,14H,2,8-10H2,1H3,(H,15,16). The molecule has 104 valence electrons. The SMILES string of the molecule is CCOP(=O)(O)OCCC1=CCNc2ccccc21. The summed E-state index contributed by atoms with van der Waals surface area (Å²) in [5.41, 5.74) is 3.31. The summed E-state index contributed by atoms with van der Waals surface area (Å²) in [6, 6.07) is 7.98. The average molecular weight is 283 g/mol. The Morgan fingerprint density at radius 1 is 1.37 bits per heavy atom. The summed E-state index contributed by atoms with van der Waals surface area (Å²) in [4.78, 5) is 9.32. The van der Waals surface area contributed by atoms with Crippen molar-refractivity contribution in [2.75, 3.05) is 25.1 Å². The largest absolute Gasteiger partial charge is 0.472 e. The minimum absolute atomic E-state index is 0.156. The molecular formula is C13H18NO4P. The quantitative estimate of drug-likeness (QED) is 0.785. The monoisotopic (exact) mass is 283 g/mol. The molecule has 0 aliphatic carbocycles. The number of nitrogens with one attached hydrogen (secondary N) is 1. The average Bonchev–Trinajstić information content (AvgIpc) is 2.39. The Bertz CT molecular complexity index is 515. The van der Waals surface area contributed by atoms with E-state index in [1.54, 1.807) is 6.92 Å². The molecule has 2 N–H and O–H groups in total. The number of anilines is 1. The third kappa shape index (κ3) is 3.91. The predicted octanol–water partition coefficient (Wildman–Crippen LogP) is 3.04. The van der Waals surface area contributed by atoms with Gasteiger partial charge in [-0.05, 0) is 25.0 Å². The zero-order valence-electron chi connectivity index (χ0n) is 10.8. The van der Waals surface area contributed by atoms with Gasteiger partial charge in [-0.2, -0.15) is 0 Å². The second-order valence-electron chi connectivity index (χ2n) is 4.13. The lowest BCUT2D eigenvalue weighted by Crippen LogP contribution is -2.09. The Hall–Kier alpha value is -1.13. The van der Waals surface area contributed by atoms with Gasteiger partial charge in [-0.3, -0.25) is 9.05 Å². The van der Waals surface area contributed by atoms with Crippen LogP contribution in [0.15, 0.2) is 30.3 Å². The molecule has 6 heteroatoms. The van der Waals surface area contributed by atoms with Crippen molar-refractivity contribution in [1.29, 1.82) is 0 Å². The van der Waals surface area contributed by atoms with Crippen molar-refractivity contribution < 1.29 is 18.5 Å². The maximum Gasteiger partial charge on any atom is 0.472 e. The molecule has 19 heavy (non-hydrogen) atoms. The summed E-state index contributed by atoms with van der Waals surface area (Å²) in [6.45, 7) is 2.73. The Morgan fingerprint density at radius 3 is 2.95 bits per heavy atom. The van der Waals surface area contributed by atoms with E-state index in [9.17, 15) is 9.46 Å². The van der Waals surface area contributed by atoms with Crippen molar-refractivity contribution in [3.8, 4) is 0 Å². The molecule has 0 amide bonds. The second kappa shape index (κ2) is 6.35. The first-order chi connectivity index (χ1) is 9.12. The van der Waals surface area contributed by atoms with E-state index in [0.717, 1.165) is 23.4 Å². The van der Waals surface area contributed by atoms with Gasteiger partial charge in [0.25, 0.3) is 0 Å². The normalized spacial score (nSPS) is 17.1. The summed E-state index contributed by atoms with van der Waals surface area (Å²) in [5.74, 6) is 0. The topological polar surface area (TPSA) is 67.8 Å². The number of phosphoric ester groups is 1. The highest BCUT2D eigenvalue weighted by molar-refractivity contribution is 7.47. The molecular weight excluding hydrogens is 265 g/mol. The Balaban J connectivity index is 1.94. The van der Waals surface area contributed by atoms with Gasteiger partial charge in [-0.15, -0.1) is 0 Å². The van der Waals surface area contributed by atoms with Crippen molar-refractivity contribution in [1.82, 2.24) is 0 Å². The highest BCUT2D eigenvalue weighted by Crippen LogP contribution is 2.43. The highest BCUT2D eigenvalue weighted by atomic mass is 31.2. The van der Waals surface area contributed by atoms with E-state index in [-0.39, 0.29) is 13.2 Å². The Kier molecular flexibility index (Phi) is 4.77. The van der Waals surface area contributed by atoms with Crippen molar-refractivity contribution in [2.45, 2.75) is 13.3 Å². The minimum atomic E-state index is -3.89. The fourth-order valence-corrected chi connectivity index (χ4v) is 2.74. The second-order valence-corrected chi connectivity index (χ2v) is 5.58. The minimum Gasteiger partial charge on any atom is -0.381 e. The maximum absolute atomic E-state index is 11.4. The van der Waals surface area contributed by atoms with Crippen LogP contribution in [0.3, 0.4) is 0 Å². The lowest BCUT2D eigenvalue weighted by atomic mass is 9.98. The molecule has 0 bridgehead atoms. The van der Waals surface area contributed by atoms with Crippen LogP contribution in [-0.2, 0) is 13.6 Å². The summed E-state index contributed by atoms with van der Waals surface area (Å²) < 4.78 is 20.9. The van der Waals surface area contributed by atoms with Crippen molar-refractivity contribution in [3.63, 3.8) is 0 Å². The molecule has 0 saturated heterocycles. The molecule has 1 atom stereocenters. The molecule has 1 unspecified atom stereocenters. The molecule has 1 aliphatic rings. The molecule has 1 aromatic carbocycles. The molecule has 0 radical (unpaired) electrons. The van der Waals surface area contributed by atoms with Crippen molar-refractivity contribution in [3.05, 3.63) is 35.9 Å². The molecule has 0 aromatic heterocycles. The summed E-state index contributed by atoms with van der Waals surface area (Å²) in [5, 5.41) is 3.27. The lowest BCUT2D eigenvalue weighted by Gasteiger charge is -2.19. The summed E-state index contributed by atoms with van der Waals surface area (Å²) in [7, 11) is -3.89. The Labute approximate surface area is 112 Å². The van der Waals surface area contributed by atoms with Gasteiger partial charge in [0.15, 0.2) is 0 Å².